The van der Waals surface area contributed by atoms with Crippen LogP contribution in [0.4, 0.5) is 0 Å². The fourth-order valence-electron chi connectivity index (χ4n) is 6.12. The van der Waals surface area contributed by atoms with E-state index in [2.05, 4.69) is 24.9 Å². The average molecular weight is 834 g/mol. The van der Waals surface area contributed by atoms with Crippen molar-refractivity contribution in [2.24, 2.45) is 0 Å². The molecule has 10 aromatic rings. The number of hydrogen-bond acceptors (Lipinski definition) is 13. The Balaban J connectivity index is 0.000000154. The van der Waals surface area contributed by atoms with Crippen LogP contribution in [0, 0.1) is 0 Å². The van der Waals surface area contributed by atoms with Gasteiger partial charge < -0.3 is 29.3 Å². The zero-order valence-corrected chi connectivity index (χ0v) is 31.9. The van der Waals surface area contributed by atoms with Crippen LogP contribution in [0.1, 0.15) is 41.4 Å². The summed E-state index contributed by atoms with van der Waals surface area (Å²) in [6.45, 7) is 0. The number of benzene rings is 5. The summed E-state index contributed by atoms with van der Waals surface area (Å²) in [5.74, 6) is -3.27. The number of thiazole rings is 2. The van der Waals surface area contributed by atoms with Crippen molar-refractivity contribution in [2.45, 2.75) is 0 Å². The summed E-state index contributed by atoms with van der Waals surface area (Å²) >= 11 is 2.79. The van der Waals surface area contributed by atoms with Crippen LogP contribution in [0.15, 0.2) is 124 Å². The van der Waals surface area contributed by atoms with E-state index in [0.717, 1.165) is 31.0 Å². The van der Waals surface area contributed by atoms with Gasteiger partial charge in [-0.3, -0.25) is 4.98 Å². The second kappa shape index (κ2) is 15.0. The first-order chi connectivity index (χ1) is 28.9. The van der Waals surface area contributed by atoms with E-state index in [-0.39, 0.29) is 22.3 Å². The van der Waals surface area contributed by atoms with Crippen molar-refractivity contribution in [1.29, 1.82) is 0 Å². The first kappa shape index (κ1) is 37.4. The van der Waals surface area contributed by atoms with Crippen LogP contribution >= 0.6 is 22.7 Å². The number of fused-ring (bicyclic) bond motifs is 4. The molecule has 0 amide bonds. The van der Waals surface area contributed by atoms with Crippen LogP contribution in [0.5, 0.6) is 0 Å². The number of aromatic carboxylic acids is 4. The molecule has 0 aliphatic carbocycles. The maximum absolute atomic E-state index is 11.2. The van der Waals surface area contributed by atoms with Gasteiger partial charge in [0.05, 0.1) is 48.4 Å². The molecule has 0 radical (unpaired) electrons. The van der Waals surface area contributed by atoms with Gasteiger partial charge in [-0.05, 0) is 109 Å². The lowest BCUT2D eigenvalue weighted by Crippen LogP contribution is -1.94. The van der Waals surface area contributed by atoms with E-state index in [1.54, 1.807) is 72.9 Å². The van der Waals surface area contributed by atoms with E-state index in [9.17, 15) is 19.2 Å². The van der Waals surface area contributed by atoms with Crippen LogP contribution in [-0.4, -0.2) is 69.2 Å². The first-order valence-corrected chi connectivity index (χ1v) is 19.2. The van der Waals surface area contributed by atoms with Gasteiger partial charge in [0.1, 0.15) is 21.0 Å². The zero-order chi connectivity index (χ0) is 41.7. The smallest absolute Gasteiger partial charge is 0.335 e. The molecule has 0 unspecified atom stereocenters. The number of aromatic nitrogens is 5. The molecule has 0 atom stereocenters. The number of oxazole rings is 2. The Labute approximate surface area is 343 Å². The Kier molecular flexibility index (Phi) is 9.34. The third-order valence-corrected chi connectivity index (χ3v) is 11.3. The molecule has 5 aromatic heterocycles. The second-order valence-corrected chi connectivity index (χ2v) is 15.1. The lowest BCUT2D eigenvalue weighted by atomic mass is 10.1. The molecule has 10 rings (SSSR count). The quantitative estimate of drug-likeness (QED) is 0.111. The van der Waals surface area contributed by atoms with Gasteiger partial charge in [-0.15, -0.1) is 22.7 Å². The van der Waals surface area contributed by atoms with Gasteiger partial charge >= 0.3 is 23.9 Å². The summed E-state index contributed by atoms with van der Waals surface area (Å²) < 4.78 is 13.0. The largest absolute Gasteiger partial charge is 0.478 e. The molecule has 0 saturated heterocycles. The number of carbonyl (C=O) groups is 4. The molecular formula is C43H23N5O10S2. The Morgan fingerprint density at radius 3 is 1.30 bits per heavy atom. The predicted molar refractivity (Wildman–Crippen MR) is 222 cm³/mol. The van der Waals surface area contributed by atoms with E-state index >= 15 is 0 Å². The fourth-order valence-corrected chi connectivity index (χ4v) is 8.10. The maximum Gasteiger partial charge on any atom is 0.335 e. The zero-order valence-electron chi connectivity index (χ0n) is 30.3. The number of carboxylic acid groups (broad SMARTS) is 4. The molecule has 0 saturated carbocycles. The maximum atomic E-state index is 11.2. The van der Waals surface area contributed by atoms with E-state index in [0.29, 0.717) is 55.8 Å². The van der Waals surface area contributed by atoms with Crippen LogP contribution < -0.4 is 0 Å². The summed E-state index contributed by atoms with van der Waals surface area (Å²) in [5, 5.41) is 37.9. The van der Waals surface area contributed by atoms with Gasteiger partial charge in [0.2, 0.25) is 11.8 Å². The van der Waals surface area contributed by atoms with E-state index in [4.69, 9.17) is 29.3 Å². The summed E-state index contributed by atoms with van der Waals surface area (Å²) in [4.78, 5) is 66.8. The number of hydrogen-bond donors (Lipinski definition) is 4. The van der Waals surface area contributed by atoms with Crippen LogP contribution in [0.2, 0.25) is 0 Å². The van der Waals surface area contributed by atoms with E-state index in [1.807, 2.05) is 12.1 Å². The standard InChI is InChI=1S/C22H12N2O6.C21H11N3O4S2/c25-21(26)13-5-7-17-15(9-13)23-19(29-17)11-1-2-12(4-3-11)20-24-16-10-14(22(27)28)6-8-18(16)30-20;25-20(26)10-1-4-13-16(7-10)29-18(23-13)12-3-6-15(22-9-12)19-24-14-5-2-11(21(27)28)8-17(14)30-19/h1-10H,(H,25,26)(H,27,28);1-9H,(H,25,26)(H,27,28). The number of carboxylic acids is 4. The predicted octanol–water partition coefficient (Wildman–Crippen LogP) is 9.73. The van der Waals surface area contributed by atoms with Gasteiger partial charge in [-0.2, -0.15) is 0 Å². The summed E-state index contributed by atoms with van der Waals surface area (Å²) in [7, 11) is 0. The van der Waals surface area contributed by atoms with Crippen molar-refractivity contribution >= 4 is 89.2 Å². The molecule has 4 N–H and O–H groups in total. The molecule has 17 heteroatoms. The van der Waals surface area contributed by atoms with Crippen LogP contribution in [-0.2, 0) is 0 Å². The van der Waals surface area contributed by atoms with Gasteiger partial charge in [0.15, 0.2) is 11.2 Å². The summed E-state index contributed by atoms with van der Waals surface area (Å²) in [6.07, 6.45) is 1.71. The topological polar surface area (TPSA) is 240 Å². The molecular weight excluding hydrogens is 811 g/mol. The van der Waals surface area contributed by atoms with Crippen molar-refractivity contribution in [3.05, 3.63) is 138 Å². The van der Waals surface area contributed by atoms with Crippen molar-refractivity contribution in [2.75, 3.05) is 0 Å². The Morgan fingerprint density at radius 1 is 0.433 bits per heavy atom. The highest BCUT2D eigenvalue weighted by Crippen LogP contribution is 2.34. The van der Waals surface area contributed by atoms with Crippen LogP contribution in [0.25, 0.3) is 86.8 Å². The first-order valence-electron chi connectivity index (χ1n) is 17.6. The third kappa shape index (κ3) is 7.28. The minimum atomic E-state index is -1.03. The van der Waals surface area contributed by atoms with E-state index in [1.165, 1.54) is 53.0 Å². The Hall–Kier alpha value is -8.15. The van der Waals surface area contributed by atoms with Crippen molar-refractivity contribution in [3.8, 4) is 44.2 Å². The van der Waals surface area contributed by atoms with Crippen LogP contribution in [0.3, 0.4) is 0 Å². The van der Waals surface area contributed by atoms with Gasteiger partial charge in [-0.25, -0.2) is 39.1 Å². The normalized spacial score (nSPS) is 11.2. The lowest BCUT2D eigenvalue weighted by Gasteiger charge is -1.98. The highest BCUT2D eigenvalue weighted by atomic mass is 32.1. The van der Waals surface area contributed by atoms with Crippen molar-refractivity contribution in [3.63, 3.8) is 0 Å². The van der Waals surface area contributed by atoms with E-state index < -0.39 is 23.9 Å². The second-order valence-electron chi connectivity index (χ2n) is 13.0. The summed E-state index contributed by atoms with van der Waals surface area (Å²) in [6, 6.07) is 29.6. The number of pyridine rings is 1. The third-order valence-electron chi connectivity index (χ3n) is 9.15. The van der Waals surface area contributed by atoms with Crippen molar-refractivity contribution < 1.29 is 48.4 Å². The fraction of sp³-hybridized carbons (Fsp3) is 0. The minimum absolute atomic E-state index is 0.139. The molecule has 0 fully saturated rings. The average Bonchev–Trinajstić information content (AvgIpc) is 4.07. The molecule has 15 nitrogen and oxygen atoms in total. The molecule has 292 valence electrons. The molecule has 5 heterocycles. The highest BCUT2D eigenvalue weighted by molar-refractivity contribution is 7.22. The minimum Gasteiger partial charge on any atom is -0.478 e. The number of rotatable bonds is 8. The van der Waals surface area contributed by atoms with Gasteiger partial charge in [-0.1, -0.05) is 0 Å². The SMILES string of the molecule is O=C(O)c1ccc2nc(-c3ccc(-c4nc5ccc(C(=O)O)cc5s4)nc3)sc2c1.O=C(O)c1ccc2oc(-c3ccc(-c4nc5cc(C(=O)O)ccc5o4)cc3)nc2c1. The monoisotopic (exact) mass is 833 g/mol. The van der Waals surface area contributed by atoms with Gasteiger partial charge in [0, 0.05) is 22.9 Å². The molecule has 0 spiro atoms. The Bertz CT molecular complexity index is 2900. The molecule has 0 aliphatic rings. The molecule has 5 aromatic carbocycles. The lowest BCUT2D eigenvalue weighted by molar-refractivity contribution is 0.0686. The Morgan fingerprint density at radius 2 is 0.850 bits per heavy atom. The van der Waals surface area contributed by atoms with Crippen molar-refractivity contribution in [1.82, 2.24) is 24.9 Å². The molecule has 0 aliphatic heterocycles. The summed E-state index contributed by atoms with van der Waals surface area (Å²) in [5.41, 5.74) is 7.03. The molecule has 60 heavy (non-hydrogen) atoms. The molecule has 0 bridgehead atoms. The van der Waals surface area contributed by atoms with Gasteiger partial charge in [0.25, 0.3) is 0 Å². The number of nitrogens with zero attached hydrogens (tertiary/aromatic N) is 5. The highest BCUT2D eigenvalue weighted by Gasteiger charge is 2.16.